The molecule has 1 atom stereocenters. The smallest absolute Gasteiger partial charge is 0.203 e. The van der Waals surface area contributed by atoms with Gasteiger partial charge in [0.25, 0.3) is 0 Å². The predicted molar refractivity (Wildman–Crippen MR) is 114 cm³/mol. The maximum absolute atomic E-state index is 5.53. The fourth-order valence-electron chi connectivity index (χ4n) is 4.30. The molecule has 2 aromatic heterocycles. The van der Waals surface area contributed by atoms with Crippen molar-refractivity contribution >= 4 is 0 Å². The van der Waals surface area contributed by atoms with Crippen molar-refractivity contribution in [1.82, 2.24) is 24.6 Å². The molecule has 1 aliphatic heterocycles. The number of aromatic nitrogens is 4. The molecular weight excluding hydrogens is 382 g/mol. The zero-order valence-electron chi connectivity index (χ0n) is 18.0. The number of rotatable bonds is 7. The van der Waals surface area contributed by atoms with Gasteiger partial charge in [0.15, 0.2) is 11.5 Å². The number of benzene rings is 1. The second-order valence-electron chi connectivity index (χ2n) is 7.56. The van der Waals surface area contributed by atoms with Crippen molar-refractivity contribution in [2.45, 2.75) is 31.8 Å². The third kappa shape index (κ3) is 3.75. The van der Waals surface area contributed by atoms with E-state index in [2.05, 4.69) is 31.7 Å². The minimum Gasteiger partial charge on any atom is -0.493 e. The molecule has 4 rings (SSSR count). The summed E-state index contributed by atoms with van der Waals surface area (Å²) < 4.78 is 18.6. The number of ether oxygens (including phenoxy) is 3. The Balaban J connectivity index is 1.66. The first-order valence-corrected chi connectivity index (χ1v) is 10.2. The Morgan fingerprint density at radius 1 is 1.10 bits per heavy atom. The van der Waals surface area contributed by atoms with Crippen LogP contribution in [0.1, 0.15) is 36.7 Å². The fourth-order valence-corrected chi connectivity index (χ4v) is 4.30. The number of hydrogen-bond acceptors (Lipinski definition) is 6. The van der Waals surface area contributed by atoms with E-state index in [1.54, 1.807) is 21.3 Å². The Bertz CT molecular complexity index is 971. The van der Waals surface area contributed by atoms with Crippen molar-refractivity contribution in [2.24, 2.45) is 7.05 Å². The Morgan fingerprint density at radius 3 is 2.50 bits per heavy atom. The summed E-state index contributed by atoms with van der Waals surface area (Å²) in [7, 11) is 6.92. The molecule has 0 radical (unpaired) electrons. The van der Waals surface area contributed by atoms with Gasteiger partial charge in [0, 0.05) is 37.1 Å². The quantitative estimate of drug-likeness (QED) is 0.641. The average molecular weight is 412 g/mol. The van der Waals surface area contributed by atoms with Gasteiger partial charge >= 0.3 is 0 Å². The molecular formula is C22H29N5O3. The van der Waals surface area contributed by atoms with Crippen molar-refractivity contribution in [3.05, 3.63) is 42.1 Å². The minimum atomic E-state index is 0.307. The SMILES string of the molecule is COc1cc(-c2[nH]ncc2CN2CCCC[C@@H]2c2nccn2C)cc(OC)c1OC. The Hall–Kier alpha value is -3.00. The lowest BCUT2D eigenvalue weighted by Crippen LogP contribution is -2.34. The van der Waals surface area contributed by atoms with Gasteiger partial charge in [-0.1, -0.05) is 6.42 Å². The summed E-state index contributed by atoms with van der Waals surface area (Å²) in [6.07, 6.45) is 9.32. The van der Waals surface area contributed by atoms with Gasteiger partial charge in [-0.25, -0.2) is 4.98 Å². The second kappa shape index (κ2) is 8.79. The molecule has 1 aromatic carbocycles. The van der Waals surface area contributed by atoms with Gasteiger partial charge in [0.2, 0.25) is 5.75 Å². The molecule has 160 valence electrons. The molecule has 1 N–H and O–H groups in total. The number of aryl methyl sites for hydroxylation is 1. The van der Waals surface area contributed by atoms with Crippen LogP contribution in [0.3, 0.4) is 0 Å². The van der Waals surface area contributed by atoms with Gasteiger partial charge in [0.05, 0.1) is 39.3 Å². The molecule has 3 aromatic rings. The molecule has 0 bridgehead atoms. The van der Waals surface area contributed by atoms with Crippen LogP contribution in [0, 0.1) is 0 Å². The number of hydrogen-bond donors (Lipinski definition) is 1. The third-order valence-electron chi connectivity index (χ3n) is 5.81. The molecule has 0 amide bonds. The Morgan fingerprint density at radius 2 is 1.87 bits per heavy atom. The van der Waals surface area contributed by atoms with Crippen molar-refractivity contribution in [3.63, 3.8) is 0 Å². The number of imidazole rings is 1. The Kier molecular flexibility index (Phi) is 5.94. The number of likely N-dealkylation sites (tertiary alicyclic amines) is 1. The fraction of sp³-hybridized carbons (Fsp3) is 0.455. The van der Waals surface area contributed by atoms with Crippen LogP contribution < -0.4 is 14.2 Å². The lowest BCUT2D eigenvalue weighted by atomic mass is 9.99. The number of nitrogens with zero attached hydrogens (tertiary/aromatic N) is 4. The maximum atomic E-state index is 5.53. The van der Waals surface area contributed by atoms with E-state index in [1.807, 2.05) is 30.7 Å². The molecule has 0 aliphatic carbocycles. The van der Waals surface area contributed by atoms with E-state index in [0.717, 1.165) is 42.2 Å². The van der Waals surface area contributed by atoms with Crippen LogP contribution in [0.15, 0.2) is 30.7 Å². The molecule has 30 heavy (non-hydrogen) atoms. The lowest BCUT2D eigenvalue weighted by molar-refractivity contribution is 0.132. The second-order valence-corrected chi connectivity index (χ2v) is 7.56. The molecule has 8 nitrogen and oxygen atoms in total. The summed E-state index contributed by atoms with van der Waals surface area (Å²) in [5.41, 5.74) is 3.03. The summed E-state index contributed by atoms with van der Waals surface area (Å²) in [5, 5.41) is 7.50. The van der Waals surface area contributed by atoms with Crippen LogP contribution in [-0.4, -0.2) is 52.5 Å². The molecule has 0 unspecified atom stereocenters. The maximum Gasteiger partial charge on any atom is 0.203 e. The molecule has 0 saturated carbocycles. The van der Waals surface area contributed by atoms with E-state index in [9.17, 15) is 0 Å². The van der Waals surface area contributed by atoms with E-state index in [-0.39, 0.29) is 0 Å². The first-order chi connectivity index (χ1) is 14.7. The molecule has 8 heteroatoms. The molecule has 3 heterocycles. The first kappa shape index (κ1) is 20.3. The monoisotopic (exact) mass is 411 g/mol. The number of aromatic amines is 1. The van der Waals surface area contributed by atoms with E-state index in [0.29, 0.717) is 23.3 Å². The highest BCUT2D eigenvalue weighted by Gasteiger charge is 2.28. The molecule has 0 spiro atoms. The van der Waals surface area contributed by atoms with Gasteiger partial charge in [-0.05, 0) is 31.5 Å². The van der Waals surface area contributed by atoms with E-state index in [4.69, 9.17) is 14.2 Å². The van der Waals surface area contributed by atoms with Crippen LogP contribution in [0.2, 0.25) is 0 Å². The lowest BCUT2D eigenvalue weighted by Gasteiger charge is -2.35. The van der Waals surface area contributed by atoms with Crippen LogP contribution in [-0.2, 0) is 13.6 Å². The highest BCUT2D eigenvalue weighted by Crippen LogP contribution is 2.42. The standard InChI is InChI=1S/C22H29N5O3/c1-26-10-8-23-22(26)17-7-5-6-9-27(17)14-16-13-24-25-20(16)15-11-18(28-2)21(30-4)19(12-15)29-3/h8,10-13,17H,5-7,9,14H2,1-4H3,(H,24,25)/t17-/m1/s1. The van der Waals surface area contributed by atoms with Gasteiger partial charge in [-0.3, -0.25) is 10.00 Å². The first-order valence-electron chi connectivity index (χ1n) is 10.2. The third-order valence-corrected chi connectivity index (χ3v) is 5.81. The highest BCUT2D eigenvalue weighted by atomic mass is 16.5. The van der Waals surface area contributed by atoms with Crippen LogP contribution in [0.5, 0.6) is 17.2 Å². The summed E-state index contributed by atoms with van der Waals surface area (Å²) in [6, 6.07) is 4.21. The van der Waals surface area contributed by atoms with Crippen molar-refractivity contribution < 1.29 is 14.2 Å². The summed E-state index contributed by atoms with van der Waals surface area (Å²) in [5.74, 6) is 2.94. The normalized spacial score (nSPS) is 17.1. The summed E-state index contributed by atoms with van der Waals surface area (Å²) >= 11 is 0. The topological polar surface area (TPSA) is 77.4 Å². The predicted octanol–water partition coefficient (Wildman–Crippen LogP) is 3.56. The molecule has 1 aliphatic rings. The highest BCUT2D eigenvalue weighted by molar-refractivity contribution is 5.70. The van der Waals surface area contributed by atoms with Gasteiger partial charge < -0.3 is 18.8 Å². The van der Waals surface area contributed by atoms with E-state index in [1.165, 1.54) is 12.8 Å². The van der Waals surface area contributed by atoms with Crippen molar-refractivity contribution in [1.29, 1.82) is 0 Å². The molecule has 1 fully saturated rings. The number of H-pyrrole nitrogens is 1. The zero-order valence-corrected chi connectivity index (χ0v) is 18.0. The Labute approximate surface area is 176 Å². The van der Waals surface area contributed by atoms with E-state index >= 15 is 0 Å². The zero-order chi connectivity index (χ0) is 21.1. The van der Waals surface area contributed by atoms with Crippen LogP contribution >= 0.6 is 0 Å². The molecule has 1 saturated heterocycles. The van der Waals surface area contributed by atoms with E-state index < -0.39 is 0 Å². The number of piperidine rings is 1. The van der Waals surface area contributed by atoms with Crippen LogP contribution in [0.25, 0.3) is 11.3 Å². The summed E-state index contributed by atoms with van der Waals surface area (Å²) in [4.78, 5) is 7.11. The summed E-state index contributed by atoms with van der Waals surface area (Å²) in [6.45, 7) is 1.83. The van der Waals surface area contributed by atoms with Gasteiger partial charge in [0.1, 0.15) is 5.82 Å². The number of methoxy groups -OCH3 is 3. The van der Waals surface area contributed by atoms with Crippen molar-refractivity contribution in [3.8, 4) is 28.5 Å². The van der Waals surface area contributed by atoms with Gasteiger partial charge in [-0.2, -0.15) is 5.10 Å². The largest absolute Gasteiger partial charge is 0.493 e. The van der Waals surface area contributed by atoms with Gasteiger partial charge in [-0.15, -0.1) is 0 Å². The number of nitrogens with one attached hydrogen (secondary N) is 1. The average Bonchev–Trinajstić information content (AvgIpc) is 3.42. The minimum absolute atomic E-state index is 0.307. The van der Waals surface area contributed by atoms with Crippen LogP contribution in [0.4, 0.5) is 0 Å². The van der Waals surface area contributed by atoms with Crippen molar-refractivity contribution in [2.75, 3.05) is 27.9 Å².